The summed E-state index contributed by atoms with van der Waals surface area (Å²) in [5.41, 5.74) is -3.18. The molecule has 2 unspecified atom stereocenters. The van der Waals surface area contributed by atoms with Crippen LogP contribution in [0.5, 0.6) is 0 Å². The minimum atomic E-state index is -4.80. The molecule has 0 amide bonds. The van der Waals surface area contributed by atoms with E-state index < -0.39 is 23.2 Å². The molecule has 0 saturated carbocycles. The highest BCUT2D eigenvalue weighted by molar-refractivity contribution is 8.00. The highest BCUT2D eigenvalue weighted by atomic mass is 32.2. The molecule has 1 N–H and O–H groups in total. The molecule has 1 aromatic rings. The van der Waals surface area contributed by atoms with Gasteiger partial charge in [-0.2, -0.15) is 24.9 Å². The highest BCUT2D eigenvalue weighted by Gasteiger charge is 2.48. The number of hydrogen-bond donors (Lipinski definition) is 1. The Morgan fingerprint density at radius 2 is 1.76 bits per heavy atom. The van der Waals surface area contributed by atoms with E-state index in [2.05, 4.69) is 0 Å². The second-order valence-electron chi connectivity index (χ2n) is 5.91. The molecule has 3 rings (SSSR count). The number of halogens is 4. The number of aliphatic hydroxyl groups is 1. The largest absolute Gasteiger partial charge is 0.419 e. The fourth-order valence-electron chi connectivity index (χ4n) is 3.54. The predicted octanol–water partition coefficient (Wildman–Crippen LogP) is 4.48. The zero-order valence-electron chi connectivity index (χ0n) is 11.3. The second-order valence-corrected chi connectivity index (χ2v) is 7.52. The SMILES string of the molecule is OC1(c2cccc(F)c2C(F)(F)F)CC2CCCC(C1)S2. The molecular weight excluding hydrogens is 304 g/mol. The van der Waals surface area contributed by atoms with Crippen LogP contribution in [0.25, 0.3) is 0 Å². The van der Waals surface area contributed by atoms with Crippen LogP contribution in [0.4, 0.5) is 17.6 Å². The van der Waals surface area contributed by atoms with Crippen molar-refractivity contribution < 1.29 is 22.7 Å². The molecular formula is C15H16F4OS. The molecule has 2 fully saturated rings. The number of fused-ring (bicyclic) bond motifs is 2. The van der Waals surface area contributed by atoms with Crippen LogP contribution in [-0.4, -0.2) is 15.6 Å². The Labute approximate surface area is 124 Å². The number of alkyl halides is 3. The summed E-state index contributed by atoms with van der Waals surface area (Å²) in [5, 5.41) is 11.2. The first-order valence-corrected chi connectivity index (χ1v) is 7.98. The van der Waals surface area contributed by atoms with Gasteiger partial charge in [-0.3, -0.25) is 0 Å². The first-order valence-electron chi connectivity index (χ1n) is 7.04. The van der Waals surface area contributed by atoms with E-state index in [1.165, 1.54) is 12.1 Å². The summed E-state index contributed by atoms with van der Waals surface area (Å²) in [4.78, 5) is 0. The van der Waals surface area contributed by atoms with Gasteiger partial charge in [0.25, 0.3) is 0 Å². The highest BCUT2D eigenvalue weighted by Crippen LogP contribution is 2.51. The van der Waals surface area contributed by atoms with Crippen molar-refractivity contribution in [3.05, 3.63) is 35.1 Å². The summed E-state index contributed by atoms with van der Waals surface area (Å²) in [6, 6.07) is 3.26. The average molecular weight is 320 g/mol. The summed E-state index contributed by atoms with van der Waals surface area (Å²) < 4.78 is 53.2. The summed E-state index contributed by atoms with van der Waals surface area (Å²) in [7, 11) is 0. The van der Waals surface area contributed by atoms with Gasteiger partial charge in [0.2, 0.25) is 0 Å². The normalized spacial score (nSPS) is 33.0. The lowest BCUT2D eigenvalue weighted by molar-refractivity contribution is -0.143. The van der Waals surface area contributed by atoms with Gasteiger partial charge in [0.15, 0.2) is 0 Å². The van der Waals surface area contributed by atoms with Crippen molar-refractivity contribution in [3.8, 4) is 0 Å². The van der Waals surface area contributed by atoms with Gasteiger partial charge in [0.1, 0.15) is 5.82 Å². The zero-order chi connectivity index (χ0) is 15.3. The molecule has 0 radical (unpaired) electrons. The molecule has 116 valence electrons. The van der Waals surface area contributed by atoms with E-state index in [1.54, 1.807) is 11.8 Å². The minimum absolute atomic E-state index is 0.159. The molecule has 0 aliphatic carbocycles. The zero-order valence-corrected chi connectivity index (χ0v) is 12.1. The van der Waals surface area contributed by atoms with Gasteiger partial charge in [-0.05, 0) is 37.3 Å². The van der Waals surface area contributed by atoms with Crippen molar-refractivity contribution >= 4 is 11.8 Å². The van der Waals surface area contributed by atoms with Gasteiger partial charge < -0.3 is 5.11 Å². The number of hydrogen-bond acceptors (Lipinski definition) is 2. The van der Waals surface area contributed by atoms with E-state index in [9.17, 15) is 22.7 Å². The Bertz CT molecular complexity index is 531. The minimum Gasteiger partial charge on any atom is -0.385 e. The van der Waals surface area contributed by atoms with Crippen LogP contribution in [0.1, 0.15) is 43.2 Å². The van der Waals surface area contributed by atoms with Crippen LogP contribution in [0, 0.1) is 5.82 Å². The predicted molar refractivity (Wildman–Crippen MR) is 73.6 cm³/mol. The van der Waals surface area contributed by atoms with E-state index in [1.807, 2.05) is 0 Å². The molecule has 2 atom stereocenters. The Balaban J connectivity index is 2.05. The molecule has 2 heterocycles. The van der Waals surface area contributed by atoms with E-state index in [0.717, 1.165) is 25.3 Å². The molecule has 0 spiro atoms. The molecule has 1 aromatic carbocycles. The smallest absolute Gasteiger partial charge is 0.385 e. The van der Waals surface area contributed by atoms with Crippen LogP contribution in [0.2, 0.25) is 0 Å². The van der Waals surface area contributed by atoms with Crippen LogP contribution in [-0.2, 0) is 11.8 Å². The average Bonchev–Trinajstić information content (AvgIpc) is 2.36. The van der Waals surface area contributed by atoms with Crippen LogP contribution in [0.3, 0.4) is 0 Å². The molecule has 2 aliphatic rings. The van der Waals surface area contributed by atoms with Gasteiger partial charge in [0.05, 0.1) is 11.2 Å². The van der Waals surface area contributed by atoms with E-state index in [-0.39, 0.29) is 28.9 Å². The first-order chi connectivity index (χ1) is 9.79. The third-order valence-electron chi connectivity index (χ3n) is 4.37. The van der Waals surface area contributed by atoms with Gasteiger partial charge in [-0.1, -0.05) is 18.6 Å². The lowest BCUT2D eigenvalue weighted by Gasteiger charge is -2.44. The first kappa shape index (κ1) is 15.2. The van der Waals surface area contributed by atoms with Crippen LogP contribution < -0.4 is 0 Å². The molecule has 2 bridgehead atoms. The van der Waals surface area contributed by atoms with Gasteiger partial charge in [0, 0.05) is 10.5 Å². The van der Waals surface area contributed by atoms with Crippen molar-refractivity contribution in [1.82, 2.24) is 0 Å². The monoisotopic (exact) mass is 320 g/mol. The van der Waals surface area contributed by atoms with Crippen molar-refractivity contribution in [3.63, 3.8) is 0 Å². The maximum absolute atomic E-state index is 13.7. The van der Waals surface area contributed by atoms with Gasteiger partial charge >= 0.3 is 6.18 Å². The molecule has 6 heteroatoms. The molecule has 2 aliphatic heterocycles. The number of rotatable bonds is 1. The molecule has 21 heavy (non-hydrogen) atoms. The molecule has 0 aromatic heterocycles. The number of thioether (sulfide) groups is 1. The summed E-state index contributed by atoms with van der Waals surface area (Å²) in [6.07, 6.45) is -1.41. The maximum atomic E-state index is 13.7. The van der Waals surface area contributed by atoms with Crippen LogP contribution in [0.15, 0.2) is 18.2 Å². The lowest BCUT2D eigenvalue weighted by atomic mass is 9.78. The van der Waals surface area contributed by atoms with E-state index in [0.29, 0.717) is 0 Å². The Morgan fingerprint density at radius 1 is 1.14 bits per heavy atom. The topological polar surface area (TPSA) is 20.2 Å². The van der Waals surface area contributed by atoms with Crippen molar-refractivity contribution in [2.24, 2.45) is 0 Å². The maximum Gasteiger partial charge on any atom is 0.419 e. The fraction of sp³-hybridized carbons (Fsp3) is 0.600. The Hall–Kier alpha value is -0.750. The number of benzene rings is 1. The van der Waals surface area contributed by atoms with E-state index in [4.69, 9.17) is 0 Å². The van der Waals surface area contributed by atoms with Crippen molar-refractivity contribution in [2.75, 3.05) is 0 Å². The summed E-state index contributed by atoms with van der Waals surface area (Å²) in [5.74, 6) is -1.31. The van der Waals surface area contributed by atoms with Gasteiger partial charge in [-0.15, -0.1) is 0 Å². The fourth-order valence-corrected chi connectivity index (χ4v) is 5.43. The third-order valence-corrected chi connectivity index (χ3v) is 5.94. The second kappa shape index (κ2) is 5.16. The van der Waals surface area contributed by atoms with Crippen LogP contribution >= 0.6 is 11.8 Å². The quantitative estimate of drug-likeness (QED) is 0.770. The molecule has 1 nitrogen and oxygen atoms in total. The van der Waals surface area contributed by atoms with Gasteiger partial charge in [-0.25, -0.2) is 4.39 Å². The standard InChI is InChI=1S/C15H16F4OS/c16-12-6-2-5-11(13(12)15(17,18)19)14(20)7-9-3-1-4-10(8-14)21-9/h2,5-6,9-10,20H,1,3-4,7-8H2. The third kappa shape index (κ3) is 2.80. The van der Waals surface area contributed by atoms with Crippen molar-refractivity contribution in [1.29, 1.82) is 0 Å². The lowest BCUT2D eigenvalue weighted by Crippen LogP contribution is -2.42. The Morgan fingerprint density at radius 3 is 2.33 bits per heavy atom. The summed E-state index contributed by atoms with van der Waals surface area (Å²) >= 11 is 1.75. The molecule has 2 saturated heterocycles. The van der Waals surface area contributed by atoms with Crippen molar-refractivity contribution in [2.45, 2.75) is 54.4 Å². The Kier molecular flexibility index (Phi) is 3.72. The van der Waals surface area contributed by atoms with E-state index >= 15 is 0 Å². The summed E-state index contributed by atoms with van der Waals surface area (Å²) in [6.45, 7) is 0.